The van der Waals surface area contributed by atoms with Gasteiger partial charge in [-0.3, -0.25) is 4.90 Å². The number of aryl methyl sites for hydroxylation is 2. The molecule has 1 aliphatic rings. The minimum Gasteiger partial charge on any atom is -0.311 e. The number of nitrogens with one attached hydrogen (secondary N) is 1. The van der Waals surface area contributed by atoms with Crippen molar-refractivity contribution in [2.45, 2.75) is 52.7 Å². The summed E-state index contributed by atoms with van der Waals surface area (Å²) in [5.74, 6) is 0. The Morgan fingerprint density at radius 3 is 2.71 bits per heavy atom. The number of rotatable bonds is 2. The van der Waals surface area contributed by atoms with Crippen LogP contribution in [0, 0.1) is 13.8 Å². The Hall–Kier alpha value is -0.450. The van der Waals surface area contributed by atoms with Crippen LogP contribution < -0.4 is 5.32 Å². The number of piperazine rings is 1. The van der Waals surface area contributed by atoms with Gasteiger partial charge in [-0.25, -0.2) is 4.98 Å². The molecule has 3 nitrogen and oxygen atoms in total. The highest BCUT2D eigenvalue weighted by Gasteiger charge is 2.28. The van der Waals surface area contributed by atoms with Gasteiger partial charge in [-0.1, -0.05) is 0 Å². The highest BCUT2D eigenvalue weighted by atomic mass is 32.1. The topological polar surface area (TPSA) is 28.2 Å². The molecule has 3 unspecified atom stereocenters. The van der Waals surface area contributed by atoms with E-state index in [0.717, 1.165) is 13.1 Å². The van der Waals surface area contributed by atoms with Gasteiger partial charge in [0.05, 0.1) is 10.7 Å². The van der Waals surface area contributed by atoms with Crippen LogP contribution in [-0.2, 0) is 0 Å². The Morgan fingerprint density at radius 2 is 2.12 bits per heavy atom. The van der Waals surface area contributed by atoms with Gasteiger partial charge in [-0.05, 0) is 34.6 Å². The van der Waals surface area contributed by atoms with E-state index in [4.69, 9.17) is 0 Å². The summed E-state index contributed by atoms with van der Waals surface area (Å²) in [5.41, 5.74) is 1.21. The molecule has 2 heterocycles. The normalized spacial score (nSPS) is 28.3. The fourth-order valence-corrected chi connectivity index (χ4v) is 3.67. The zero-order chi connectivity index (χ0) is 12.6. The lowest BCUT2D eigenvalue weighted by Crippen LogP contribution is -2.54. The molecule has 0 aromatic carbocycles. The van der Waals surface area contributed by atoms with E-state index in [-0.39, 0.29) is 0 Å². The summed E-state index contributed by atoms with van der Waals surface area (Å²) in [7, 11) is 0. The summed E-state index contributed by atoms with van der Waals surface area (Å²) in [6.07, 6.45) is 0. The molecular weight excluding hydrogens is 230 g/mol. The van der Waals surface area contributed by atoms with Gasteiger partial charge >= 0.3 is 0 Å². The molecule has 3 atom stereocenters. The summed E-state index contributed by atoms with van der Waals surface area (Å²) < 4.78 is 0. The van der Waals surface area contributed by atoms with E-state index in [1.807, 2.05) is 11.3 Å². The highest BCUT2D eigenvalue weighted by Crippen LogP contribution is 2.31. The van der Waals surface area contributed by atoms with Crippen molar-refractivity contribution >= 4 is 11.3 Å². The molecule has 1 aromatic rings. The first-order valence-corrected chi connectivity index (χ1v) is 7.23. The first kappa shape index (κ1) is 13.0. The molecule has 1 N–H and O–H groups in total. The molecule has 0 spiro atoms. The Morgan fingerprint density at radius 1 is 1.41 bits per heavy atom. The first-order chi connectivity index (χ1) is 7.99. The van der Waals surface area contributed by atoms with E-state index in [1.54, 1.807) is 0 Å². The molecule has 0 bridgehead atoms. The molecule has 1 saturated heterocycles. The summed E-state index contributed by atoms with van der Waals surface area (Å²) in [4.78, 5) is 8.58. The van der Waals surface area contributed by atoms with E-state index < -0.39 is 0 Å². The Labute approximate surface area is 108 Å². The third-order valence-corrected chi connectivity index (χ3v) is 4.87. The molecule has 0 saturated carbocycles. The monoisotopic (exact) mass is 253 g/mol. The smallest absolute Gasteiger partial charge is 0.0900 e. The first-order valence-electron chi connectivity index (χ1n) is 6.42. The van der Waals surface area contributed by atoms with Crippen LogP contribution in [0.5, 0.6) is 0 Å². The van der Waals surface area contributed by atoms with Crippen LogP contribution >= 0.6 is 11.3 Å². The highest BCUT2D eigenvalue weighted by molar-refractivity contribution is 7.11. The van der Waals surface area contributed by atoms with Gasteiger partial charge in [-0.2, -0.15) is 0 Å². The van der Waals surface area contributed by atoms with E-state index in [9.17, 15) is 0 Å². The maximum Gasteiger partial charge on any atom is 0.0900 e. The lowest BCUT2D eigenvalue weighted by Gasteiger charge is -2.41. The maximum absolute atomic E-state index is 4.55. The predicted octanol–water partition coefficient (Wildman–Crippen LogP) is 2.50. The van der Waals surface area contributed by atoms with E-state index in [0.29, 0.717) is 18.1 Å². The predicted molar refractivity (Wildman–Crippen MR) is 73.6 cm³/mol. The Bertz CT molecular complexity index is 388. The van der Waals surface area contributed by atoms with Crippen LogP contribution in [0.3, 0.4) is 0 Å². The van der Waals surface area contributed by atoms with Crippen molar-refractivity contribution in [3.8, 4) is 0 Å². The maximum atomic E-state index is 4.55. The van der Waals surface area contributed by atoms with Gasteiger partial charge in [0.2, 0.25) is 0 Å². The van der Waals surface area contributed by atoms with Crippen molar-refractivity contribution in [3.63, 3.8) is 0 Å². The third kappa shape index (κ3) is 2.69. The molecule has 1 fully saturated rings. The van der Waals surface area contributed by atoms with Crippen LogP contribution in [0.4, 0.5) is 0 Å². The second-order valence-corrected chi connectivity index (χ2v) is 6.45. The van der Waals surface area contributed by atoms with Gasteiger partial charge in [0.1, 0.15) is 0 Å². The average molecular weight is 253 g/mol. The van der Waals surface area contributed by atoms with Gasteiger partial charge in [0.15, 0.2) is 0 Å². The lowest BCUT2D eigenvalue weighted by atomic mass is 10.1. The quantitative estimate of drug-likeness (QED) is 0.878. The molecule has 0 aliphatic carbocycles. The molecule has 4 heteroatoms. The summed E-state index contributed by atoms with van der Waals surface area (Å²) in [6.45, 7) is 13.3. The third-order valence-electron chi connectivity index (χ3n) is 3.63. The number of hydrogen-bond donors (Lipinski definition) is 1. The Kier molecular flexibility index (Phi) is 3.85. The Balaban J connectivity index is 2.18. The molecule has 0 amide bonds. The minimum atomic E-state index is 0.487. The summed E-state index contributed by atoms with van der Waals surface area (Å²) in [5, 5.41) is 4.71. The second kappa shape index (κ2) is 5.04. The van der Waals surface area contributed by atoms with E-state index in [2.05, 4.69) is 49.8 Å². The standard InChI is InChI=1S/C13H23N3S/c1-8-7-16(9(2)6-14-8)11(4)13-10(3)15-12(5)17-13/h8-9,11,14H,6-7H2,1-5H3. The molecule has 1 aromatic heterocycles. The largest absolute Gasteiger partial charge is 0.311 e. The molecular formula is C13H23N3S. The van der Waals surface area contributed by atoms with Crippen molar-refractivity contribution in [1.29, 1.82) is 0 Å². The summed E-state index contributed by atoms with van der Waals surface area (Å²) in [6, 6.07) is 1.67. The molecule has 0 radical (unpaired) electrons. The van der Waals surface area contributed by atoms with Crippen molar-refractivity contribution in [2.75, 3.05) is 13.1 Å². The minimum absolute atomic E-state index is 0.487. The number of thiazole rings is 1. The van der Waals surface area contributed by atoms with Crippen LogP contribution in [0.2, 0.25) is 0 Å². The SMILES string of the molecule is Cc1nc(C)c(C(C)N2CC(C)NCC2C)s1. The number of aromatic nitrogens is 1. The van der Waals surface area contributed by atoms with Crippen molar-refractivity contribution < 1.29 is 0 Å². The lowest BCUT2D eigenvalue weighted by molar-refractivity contribution is 0.105. The molecule has 96 valence electrons. The molecule has 1 aliphatic heterocycles. The fourth-order valence-electron chi connectivity index (χ4n) is 2.67. The van der Waals surface area contributed by atoms with Crippen molar-refractivity contribution in [2.24, 2.45) is 0 Å². The van der Waals surface area contributed by atoms with E-state index in [1.165, 1.54) is 15.6 Å². The van der Waals surface area contributed by atoms with Crippen LogP contribution in [0.15, 0.2) is 0 Å². The molecule has 2 rings (SSSR count). The zero-order valence-corrected chi connectivity index (χ0v) is 12.3. The van der Waals surface area contributed by atoms with Gasteiger partial charge in [0, 0.05) is 36.1 Å². The number of hydrogen-bond acceptors (Lipinski definition) is 4. The van der Waals surface area contributed by atoms with Gasteiger partial charge in [0.25, 0.3) is 0 Å². The zero-order valence-electron chi connectivity index (χ0n) is 11.4. The average Bonchev–Trinajstić information content (AvgIpc) is 2.60. The van der Waals surface area contributed by atoms with Crippen LogP contribution in [0.1, 0.15) is 42.4 Å². The van der Waals surface area contributed by atoms with E-state index >= 15 is 0 Å². The van der Waals surface area contributed by atoms with Crippen molar-refractivity contribution in [1.82, 2.24) is 15.2 Å². The number of nitrogens with zero attached hydrogens (tertiary/aromatic N) is 2. The van der Waals surface area contributed by atoms with Crippen LogP contribution in [-0.4, -0.2) is 35.1 Å². The fraction of sp³-hybridized carbons (Fsp3) is 0.769. The van der Waals surface area contributed by atoms with Crippen LogP contribution in [0.25, 0.3) is 0 Å². The van der Waals surface area contributed by atoms with Gasteiger partial charge < -0.3 is 5.32 Å². The summed E-state index contributed by atoms with van der Waals surface area (Å²) >= 11 is 1.85. The van der Waals surface area contributed by atoms with Crippen molar-refractivity contribution in [3.05, 3.63) is 15.6 Å². The van der Waals surface area contributed by atoms with Gasteiger partial charge in [-0.15, -0.1) is 11.3 Å². The second-order valence-electron chi connectivity index (χ2n) is 5.21. The molecule has 17 heavy (non-hydrogen) atoms.